The predicted octanol–water partition coefficient (Wildman–Crippen LogP) is 1.86. The van der Waals surface area contributed by atoms with Crippen molar-refractivity contribution in [1.82, 2.24) is 9.78 Å². The van der Waals surface area contributed by atoms with Gasteiger partial charge in [-0.25, -0.2) is 4.68 Å². The van der Waals surface area contributed by atoms with Crippen LogP contribution in [-0.2, 0) is 11.9 Å². The maximum Gasteiger partial charge on any atom is 0.220 e. The molecule has 17 heavy (non-hydrogen) atoms. The van der Waals surface area contributed by atoms with Gasteiger partial charge >= 0.3 is 0 Å². The maximum absolute atomic E-state index is 6.01. The number of rotatable bonds is 3. The number of halogens is 1. The van der Waals surface area contributed by atoms with Crippen molar-refractivity contribution in [3.63, 3.8) is 0 Å². The molecule has 2 heterocycles. The highest BCUT2D eigenvalue weighted by molar-refractivity contribution is 6.21. The zero-order valence-corrected chi connectivity index (χ0v) is 11.2. The van der Waals surface area contributed by atoms with Crippen LogP contribution in [-0.4, -0.2) is 34.1 Å². The number of nitrogens with zero attached hydrogens (tertiary/aromatic N) is 3. The summed E-state index contributed by atoms with van der Waals surface area (Å²) in [6.45, 7) is 3.83. The lowest BCUT2D eigenvalue weighted by Gasteiger charge is -2.09. The molecule has 5 nitrogen and oxygen atoms in total. The highest BCUT2D eigenvalue weighted by atomic mass is 35.5. The zero-order valence-electron chi connectivity index (χ0n) is 10.4. The summed E-state index contributed by atoms with van der Waals surface area (Å²) in [5, 5.41) is 8.34. The van der Waals surface area contributed by atoms with Crippen LogP contribution in [0.2, 0.25) is 0 Å². The molecule has 94 valence electrons. The third-order valence-corrected chi connectivity index (χ3v) is 3.14. The third kappa shape index (κ3) is 2.11. The molecular weight excluding hydrogens is 242 g/mol. The van der Waals surface area contributed by atoms with E-state index >= 15 is 0 Å². The number of ether oxygens (including phenoxy) is 1. The summed E-state index contributed by atoms with van der Waals surface area (Å²) in [4.78, 5) is 5.31. The monoisotopic (exact) mass is 257 g/mol. The average molecular weight is 258 g/mol. The van der Waals surface area contributed by atoms with Crippen molar-refractivity contribution in [2.45, 2.75) is 31.7 Å². The van der Waals surface area contributed by atoms with Crippen molar-refractivity contribution >= 4 is 17.3 Å². The normalized spacial score (nSPS) is 21.0. The Morgan fingerprint density at radius 3 is 2.82 bits per heavy atom. The molecule has 2 unspecified atom stereocenters. The van der Waals surface area contributed by atoms with Gasteiger partial charge in [0, 0.05) is 13.5 Å². The number of methoxy groups -OCH3 is 1. The van der Waals surface area contributed by atoms with E-state index in [4.69, 9.17) is 21.2 Å². The SMILES string of the molecule is COc1c(C2=NOC(C(C)Cl)C2)c(C)nn1C. The second kappa shape index (κ2) is 4.56. The minimum atomic E-state index is -0.0732. The smallest absolute Gasteiger partial charge is 0.220 e. The Morgan fingerprint density at radius 1 is 1.59 bits per heavy atom. The largest absolute Gasteiger partial charge is 0.481 e. The van der Waals surface area contributed by atoms with E-state index < -0.39 is 0 Å². The van der Waals surface area contributed by atoms with Crippen LogP contribution in [0.4, 0.5) is 0 Å². The van der Waals surface area contributed by atoms with E-state index in [1.54, 1.807) is 11.8 Å². The van der Waals surface area contributed by atoms with Gasteiger partial charge in [0.25, 0.3) is 0 Å². The molecular formula is C11H16ClN3O2. The first-order valence-corrected chi connectivity index (χ1v) is 5.93. The average Bonchev–Trinajstić information content (AvgIpc) is 2.82. The van der Waals surface area contributed by atoms with Crippen molar-refractivity contribution in [3.8, 4) is 5.88 Å². The second-order valence-electron chi connectivity index (χ2n) is 4.16. The topological polar surface area (TPSA) is 48.6 Å². The second-order valence-corrected chi connectivity index (χ2v) is 4.85. The molecule has 1 aliphatic rings. The Morgan fingerprint density at radius 2 is 2.29 bits per heavy atom. The van der Waals surface area contributed by atoms with Crippen molar-refractivity contribution in [2.75, 3.05) is 7.11 Å². The van der Waals surface area contributed by atoms with E-state index in [1.165, 1.54) is 0 Å². The predicted molar refractivity (Wildman–Crippen MR) is 65.8 cm³/mol. The van der Waals surface area contributed by atoms with Crippen LogP contribution >= 0.6 is 11.6 Å². The fourth-order valence-corrected chi connectivity index (χ4v) is 2.13. The molecule has 6 heteroatoms. The molecule has 0 aromatic carbocycles. The Bertz CT molecular complexity index is 454. The number of hydrogen-bond donors (Lipinski definition) is 0. The first-order valence-electron chi connectivity index (χ1n) is 5.49. The van der Waals surface area contributed by atoms with E-state index in [0.29, 0.717) is 12.3 Å². The van der Waals surface area contributed by atoms with Crippen LogP contribution in [0.25, 0.3) is 0 Å². The van der Waals surface area contributed by atoms with Gasteiger partial charge in [0.15, 0.2) is 0 Å². The van der Waals surface area contributed by atoms with E-state index in [1.807, 2.05) is 20.9 Å². The maximum atomic E-state index is 6.01. The number of alkyl halides is 1. The summed E-state index contributed by atoms with van der Waals surface area (Å²) in [6.07, 6.45) is 0.615. The lowest BCUT2D eigenvalue weighted by molar-refractivity contribution is 0.0855. The molecule has 2 rings (SSSR count). The summed E-state index contributed by atoms with van der Waals surface area (Å²) in [5.74, 6) is 0.702. The lowest BCUT2D eigenvalue weighted by atomic mass is 10.0. The zero-order chi connectivity index (χ0) is 12.6. The number of oxime groups is 1. The molecule has 2 atom stereocenters. The van der Waals surface area contributed by atoms with Crippen LogP contribution in [0.15, 0.2) is 5.16 Å². The number of aromatic nitrogens is 2. The van der Waals surface area contributed by atoms with E-state index in [-0.39, 0.29) is 11.5 Å². The minimum absolute atomic E-state index is 0.0702. The van der Waals surface area contributed by atoms with Crippen molar-refractivity contribution in [3.05, 3.63) is 11.3 Å². The Labute approximate surface area is 105 Å². The molecule has 0 spiro atoms. The van der Waals surface area contributed by atoms with Crippen LogP contribution in [0.3, 0.4) is 0 Å². The molecule has 1 aromatic heterocycles. The quantitative estimate of drug-likeness (QED) is 0.777. The Kier molecular flexibility index (Phi) is 3.28. The number of hydrogen-bond acceptors (Lipinski definition) is 4. The van der Waals surface area contributed by atoms with Gasteiger partial charge in [0.05, 0.1) is 29.5 Å². The molecule has 1 aromatic rings. The fraction of sp³-hybridized carbons (Fsp3) is 0.636. The minimum Gasteiger partial charge on any atom is -0.481 e. The summed E-state index contributed by atoms with van der Waals surface area (Å²) in [5.41, 5.74) is 2.65. The van der Waals surface area contributed by atoms with Gasteiger partial charge in [-0.1, -0.05) is 5.16 Å². The molecule has 0 saturated heterocycles. The summed E-state index contributed by atoms with van der Waals surface area (Å²) in [6, 6.07) is 0. The summed E-state index contributed by atoms with van der Waals surface area (Å²) < 4.78 is 7.04. The first-order chi connectivity index (χ1) is 8.04. The van der Waals surface area contributed by atoms with Gasteiger partial charge < -0.3 is 9.57 Å². The lowest BCUT2D eigenvalue weighted by Crippen LogP contribution is -2.18. The molecule has 1 aliphatic heterocycles. The van der Waals surface area contributed by atoms with E-state index in [0.717, 1.165) is 17.0 Å². The molecule has 0 aliphatic carbocycles. The summed E-state index contributed by atoms with van der Waals surface area (Å²) >= 11 is 6.01. The Balaban J connectivity index is 2.30. The van der Waals surface area contributed by atoms with Gasteiger partial charge in [-0.05, 0) is 13.8 Å². The van der Waals surface area contributed by atoms with Gasteiger partial charge in [0.1, 0.15) is 6.10 Å². The van der Waals surface area contributed by atoms with Gasteiger partial charge in [-0.15, -0.1) is 11.6 Å². The summed E-state index contributed by atoms with van der Waals surface area (Å²) in [7, 11) is 3.46. The molecule has 0 N–H and O–H groups in total. The molecule has 0 saturated carbocycles. The highest BCUT2D eigenvalue weighted by Crippen LogP contribution is 2.28. The van der Waals surface area contributed by atoms with E-state index in [9.17, 15) is 0 Å². The van der Waals surface area contributed by atoms with Crippen molar-refractivity contribution in [2.24, 2.45) is 12.2 Å². The van der Waals surface area contributed by atoms with Crippen molar-refractivity contribution < 1.29 is 9.57 Å². The molecule has 0 bridgehead atoms. The van der Waals surface area contributed by atoms with E-state index in [2.05, 4.69) is 10.3 Å². The highest BCUT2D eigenvalue weighted by Gasteiger charge is 2.30. The van der Waals surface area contributed by atoms with Crippen LogP contribution in [0.1, 0.15) is 24.6 Å². The van der Waals surface area contributed by atoms with Gasteiger partial charge in [-0.3, -0.25) is 0 Å². The van der Waals surface area contributed by atoms with Crippen molar-refractivity contribution in [1.29, 1.82) is 0 Å². The molecule has 0 fully saturated rings. The van der Waals surface area contributed by atoms with Crippen LogP contribution in [0, 0.1) is 6.92 Å². The van der Waals surface area contributed by atoms with Crippen LogP contribution < -0.4 is 4.74 Å². The van der Waals surface area contributed by atoms with Gasteiger partial charge in [0.2, 0.25) is 5.88 Å². The Hall–Kier alpha value is -1.23. The van der Waals surface area contributed by atoms with Gasteiger partial charge in [-0.2, -0.15) is 5.10 Å². The standard InChI is InChI=1S/C11H16ClN3O2/c1-6(12)9-5-8(14-17-9)10-7(2)13-15(3)11(10)16-4/h6,9H,5H2,1-4H3. The fourth-order valence-electron chi connectivity index (χ4n) is 1.99. The molecule has 0 radical (unpaired) electrons. The third-order valence-electron chi connectivity index (χ3n) is 2.86. The van der Waals surface area contributed by atoms with Crippen LogP contribution in [0.5, 0.6) is 5.88 Å². The molecule has 0 amide bonds. The first kappa shape index (κ1) is 12.2. The number of aryl methyl sites for hydroxylation is 2.